The number of aromatic nitrogens is 2. The lowest BCUT2D eigenvalue weighted by Crippen LogP contribution is -2.53. The maximum Gasteiger partial charge on any atom is 0.261 e. The number of carbonyl (C=O) groups excluding carboxylic acids is 1. The number of amides is 1. The molecule has 2 aromatic rings. The molecule has 2 aliphatic rings. The minimum absolute atomic E-state index is 0.0164. The number of likely N-dealkylation sites (tertiary alicyclic amines) is 1. The number of benzene rings is 1. The molecule has 7 heteroatoms. The molecule has 30 heavy (non-hydrogen) atoms. The molecule has 7 nitrogen and oxygen atoms in total. The number of aryl methyl sites for hydroxylation is 2. The van der Waals surface area contributed by atoms with Gasteiger partial charge in [-0.2, -0.15) is 5.10 Å². The zero-order valence-electron chi connectivity index (χ0n) is 18.0. The van der Waals surface area contributed by atoms with Crippen LogP contribution in [0.4, 0.5) is 0 Å². The van der Waals surface area contributed by atoms with Crippen molar-refractivity contribution in [3.05, 3.63) is 47.8 Å². The zero-order chi connectivity index (χ0) is 20.9. The molecule has 0 unspecified atom stereocenters. The third kappa shape index (κ3) is 5.02. The highest BCUT2D eigenvalue weighted by atomic mass is 16.5. The van der Waals surface area contributed by atoms with Gasteiger partial charge in [0.25, 0.3) is 5.91 Å². The van der Waals surface area contributed by atoms with Crippen LogP contribution in [0.15, 0.2) is 36.7 Å². The molecule has 2 atom stereocenters. The van der Waals surface area contributed by atoms with E-state index >= 15 is 0 Å². The van der Waals surface area contributed by atoms with E-state index < -0.39 is 0 Å². The summed E-state index contributed by atoms with van der Waals surface area (Å²) < 4.78 is 13.8. The first-order chi connectivity index (χ1) is 14.6. The van der Waals surface area contributed by atoms with E-state index in [4.69, 9.17) is 9.47 Å². The predicted molar refractivity (Wildman–Crippen MR) is 114 cm³/mol. The number of carbonyl (C=O) groups is 1. The molecule has 0 saturated carbocycles. The van der Waals surface area contributed by atoms with E-state index in [0.29, 0.717) is 13.2 Å². The third-order valence-electron chi connectivity index (χ3n) is 5.98. The van der Waals surface area contributed by atoms with Gasteiger partial charge in [0.1, 0.15) is 5.75 Å². The Morgan fingerprint density at radius 2 is 2.07 bits per heavy atom. The molecule has 0 bridgehead atoms. The van der Waals surface area contributed by atoms with Gasteiger partial charge in [0.2, 0.25) is 0 Å². The highest BCUT2D eigenvalue weighted by Gasteiger charge is 2.38. The van der Waals surface area contributed by atoms with Gasteiger partial charge in [-0.1, -0.05) is 18.6 Å². The fraction of sp³-hybridized carbons (Fsp3) is 0.565. The molecular weight excluding hydrogens is 380 g/mol. The van der Waals surface area contributed by atoms with E-state index in [-0.39, 0.29) is 24.7 Å². The topological polar surface area (TPSA) is 59.8 Å². The van der Waals surface area contributed by atoms with Crippen molar-refractivity contribution in [1.82, 2.24) is 19.6 Å². The van der Waals surface area contributed by atoms with E-state index in [2.05, 4.69) is 10.00 Å². The van der Waals surface area contributed by atoms with Crippen LogP contribution in [0, 0.1) is 6.92 Å². The third-order valence-corrected chi connectivity index (χ3v) is 5.98. The number of hydrogen-bond donors (Lipinski definition) is 0. The molecule has 1 aromatic heterocycles. The smallest absolute Gasteiger partial charge is 0.261 e. The summed E-state index contributed by atoms with van der Waals surface area (Å²) in [7, 11) is 1.90. The number of piperidine rings is 1. The van der Waals surface area contributed by atoms with Crippen LogP contribution in [0.2, 0.25) is 0 Å². The first kappa shape index (κ1) is 20.9. The van der Waals surface area contributed by atoms with Gasteiger partial charge < -0.3 is 19.3 Å². The van der Waals surface area contributed by atoms with E-state index in [9.17, 15) is 4.79 Å². The summed E-state index contributed by atoms with van der Waals surface area (Å²) >= 11 is 0. The summed E-state index contributed by atoms with van der Waals surface area (Å²) in [4.78, 5) is 17.6. The van der Waals surface area contributed by atoms with Crippen molar-refractivity contribution < 1.29 is 14.3 Å². The van der Waals surface area contributed by atoms with Gasteiger partial charge in [-0.3, -0.25) is 9.48 Å². The first-order valence-electron chi connectivity index (χ1n) is 10.9. The molecule has 162 valence electrons. The largest absolute Gasteiger partial charge is 0.484 e. The second-order valence-corrected chi connectivity index (χ2v) is 8.36. The maximum atomic E-state index is 13.2. The van der Waals surface area contributed by atoms with Gasteiger partial charge in [0, 0.05) is 31.9 Å². The lowest BCUT2D eigenvalue weighted by Gasteiger charge is -2.43. The van der Waals surface area contributed by atoms with Gasteiger partial charge in [-0.05, 0) is 50.6 Å². The van der Waals surface area contributed by atoms with Crippen molar-refractivity contribution in [3.8, 4) is 5.75 Å². The summed E-state index contributed by atoms with van der Waals surface area (Å²) in [5.41, 5.74) is 2.13. The molecule has 1 amide bonds. The van der Waals surface area contributed by atoms with Crippen LogP contribution in [-0.4, -0.2) is 71.0 Å². The first-order valence-corrected chi connectivity index (χ1v) is 10.9. The second-order valence-electron chi connectivity index (χ2n) is 8.36. The number of morpholine rings is 1. The van der Waals surface area contributed by atoms with Crippen molar-refractivity contribution in [3.63, 3.8) is 0 Å². The minimum Gasteiger partial charge on any atom is -0.484 e. The van der Waals surface area contributed by atoms with Gasteiger partial charge in [-0.15, -0.1) is 0 Å². The van der Waals surface area contributed by atoms with Gasteiger partial charge in [-0.25, -0.2) is 0 Å². The Kier molecular flexibility index (Phi) is 6.69. The van der Waals surface area contributed by atoms with E-state index in [1.165, 1.54) is 19.3 Å². The van der Waals surface area contributed by atoms with Crippen LogP contribution >= 0.6 is 0 Å². The van der Waals surface area contributed by atoms with Crippen LogP contribution in [0.1, 0.15) is 36.4 Å². The van der Waals surface area contributed by atoms with Crippen LogP contribution in [0.3, 0.4) is 0 Å². The van der Waals surface area contributed by atoms with Crippen molar-refractivity contribution in [1.29, 1.82) is 0 Å². The molecule has 2 saturated heterocycles. The maximum absolute atomic E-state index is 13.2. The van der Waals surface area contributed by atoms with Crippen LogP contribution in [0.5, 0.6) is 5.75 Å². The van der Waals surface area contributed by atoms with E-state index in [0.717, 1.165) is 36.5 Å². The van der Waals surface area contributed by atoms with Crippen LogP contribution in [-0.2, 0) is 16.6 Å². The molecule has 0 aliphatic carbocycles. The number of nitrogens with zero attached hydrogens (tertiary/aromatic N) is 4. The summed E-state index contributed by atoms with van der Waals surface area (Å²) in [6.45, 7) is 6.19. The highest BCUT2D eigenvalue weighted by molar-refractivity contribution is 5.78. The summed E-state index contributed by atoms with van der Waals surface area (Å²) in [6, 6.07) is 7.64. The van der Waals surface area contributed by atoms with Crippen LogP contribution < -0.4 is 4.74 Å². The Labute approximate surface area is 178 Å². The van der Waals surface area contributed by atoms with E-state index in [1.54, 1.807) is 4.68 Å². The SMILES string of the molecule is Cc1cccc(OCC(=O)N2CCO[C@@H](CN3CCCCC3)[C@@H]2c2cnn(C)c2)c1. The fourth-order valence-electron chi connectivity index (χ4n) is 4.48. The Hall–Kier alpha value is -2.38. The monoisotopic (exact) mass is 412 g/mol. The molecular formula is C23H32N4O3. The number of rotatable bonds is 6. The average Bonchev–Trinajstić information content (AvgIpc) is 3.18. The molecule has 1 aromatic carbocycles. The molecule has 2 aliphatic heterocycles. The van der Waals surface area contributed by atoms with Crippen molar-refractivity contribution in [2.75, 3.05) is 39.4 Å². The van der Waals surface area contributed by atoms with Crippen molar-refractivity contribution in [2.45, 2.75) is 38.3 Å². The average molecular weight is 413 g/mol. The molecule has 0 N–H and O–H groups in total. The minimum atomic E-state index is -0.150. The van der Waals surface area contributed by atoms with Crippen molar-refractivity contribution in [2.24, 2.45) is 7.05 Å². The normalized spacial score (nSPS) is 22.8. The highest BCUT2D eigenvalue weighted by Crippen LogP contribution is 2.31. The lowest BCUT2D eigenvalue weighted by atomic mass is 9.99. The van der Waals surface area contributed by atoms with Crippen molar-refractivity contribution >= 4 is 5.91 Å². The molecule has 0 spiro atoms. The Balaban J connectivity index is 1.49. The van der Waals surface area contributed by atoms with Crippen LogP contribution in [0.25, 0.3) is 0 Å². The Morgan fingerprint density at radius 3 is 2.80 bits per heavy atom. The molecule has 0 radical (unpaired) electrons. The number of ether oxygens (including phenoxy) is 2. The summed E-state index contributed by atoms with van der Waals surface area (Å²) in [5, 5.41) is 4.35. The molecule has 3 heterocycles. The molecule has 4 rings (SSSR count). The van der Waals surface area contributed by atoms with Gasteiger partial charge in [0.15, 0.2) is 6.61 Å². The summed E-state index contributed by atoms with van der Waals surface area (Å²) in [5.74, 6) is 0.705. The Morgan fingerprint density at radius 1 is 1.23 bits per heavy atom. The fourth-order valence-corrected chi connectivity index (χ4v) is 4.48. The van der Waals surface area contributed by atoms with E-state index in [1.807, 2.05) is 55.5 Å². The second kappa shape index (κ2) is 9.62. The standard InChI is InChI=1S/C23H32N4O3/c1-18-7-6-8-20(13-18)30-17-22(28)27-11-12-29-21(16-26-9-4-3-5-10-26)23(27)19-14-24-25(2)15-19/h6-8,13-15,21,23H,3-5,9-12,16-17H2,1-2H3/t21-,23-/m0/s1. The molecule has 2 fully saturated rings. The van der Waals surface area contributed by atoms with Gasteiger partial charge in [0.05, 0.1) is 24.9 Å². The summed E-state index contributed by atoms with van der Waals surface area (Å²) in [6.07, 6.45) is 7.54. The lowest BCUT2D eigenvalue weighted by molar-refractivity contribution is -0.150. The zero-order valence-corrected chi connectivity index (χ0v) is 18.0. The quantitative estimate of drug-likeness (QED) is 0.730. The number of hydrogen-bond acceptors (Lipinski definition) is 5. The Bertz CT molecular complexity index is 846. The predicted octanol–water partition coefficient (Wildman–Crippen LogP) is 2.56. The van der Waals surface area contributed by atoms with Gasteiger partial charge >= 0.3 is 0 Å².